The van der Waals surface area contributed by atoms with Crippen molar-refractivity contribution in [3.63, 3.8) is 0 Å². The first-order valence-electron chi connectivity index (χ1n) is 7.07. The maximum absolute atomic E-state index is 12.0. The van der Waals surface area contributed by atoms with Crippen molar-refractivity contribution in [2.24, 2.45) is 5.41 Å². The molecule has 0 bridgehead atoms. The third-order valence-electron chi connectivity index (χ3n) is 3.07. The fourth-order valence-corrected chi connectivity index (χ4v) is 1.76. The Bertz CT molecular complexity index is 437. The van der Waals surface area contributed by atoms with E-state index in [0.717, 1.165) is 0 Å². The molecule has 0 spiro atoms. The molecule has 0 aliphatic heterocycles. The van der Waals surface area contributed by atoms with Gasteiger partial charge in [-0.2, -0.15) is 0 Å². The Kier molecular flexibility index (Phi) is 6.72. The van der Waals surface area contributed by atoms with Crippen molar-refractivity contribution in [3.05, 3.63) is 30.3 Å². The summed E-state index contributed by atoms with van der Waals surface area (Å²) in [5.41, 5.74) is -1.35. The summed E-state index contributed by atoms with van der Waals surface area (Å²) in [7, 11) is 0. The van der Waals surface area contributed by atoms with Crippen LogP contribution in [-0.4, -0.2) is 31.8 Å². The molecule has 0 aromatic heterocycles. The van der Waals surface area contributed by atoms with Gasteiger partial charge in [0.25, 0.3) is 0 Å². The molecule has 5 nitrogen and oxygen atoms in total. The highest BCUT2D eigenvalue weighted by atomic mass is 16.6. The molecular weight excluding hydrogens is 272 g/mol. The first-order valence-corrected chi connectivity index (χ1v) is 7.07. The van der Waals surface area contributed by atoms with Gasteiger partial charge >= 0.3 is 11.9 Å². The molecule has 1 rings (SSSR count). The number of esters is 2. The lowest BCUT2D eigenvalue weighted by molar-refractivity contribution is -0.171. The summed E-state index contributed by atoms with van der Waals surface area (Å²) in [6.07, 6.45) is 0.194. The summed E-state index contributed by atoms with van der Waals surface area (Å²) in [5.74, 6) is -0.479. The Hall–Kier alpha value is -2.04. The van der Waals surface area contributed by atoms with Crippen molar-refractivity contribution in [2.75, 3.05) is 19.8 Å². The smallest absolute Gasteiger partial charge is 0.323 e. The van der Waals surface area contributed by atoms with Crippen LogP contribution in [0.25, 0.3) is 0 Å². The lowest BCUT2D eigenvalue weighted by atomic mass is 9.87. The summed E-state index contributed by atoms with van der Waals surface area (Å²) in [5, 5.41) is 0. The van der Waals surface area contributed by atoms with Crippen LogP contribution in [0.4, 0.5) is 0 Å². The van der Waals surface area contributed by atoms with Crippen molar-refractivity contribution < 1.29 is 23.8 Å². The number of rotatable bonds is 8. The van der Waals surface area contributed by atoms with Crippen LogP contribution in [0.3, 0.4) is 0 Å². The summed E-state index contributed by atoms with van der Waals surface area (Å²) in [6.45, 7) is 5.57. The van der Waals surface area contributed by atoms with Crippen molar-refractivity contribution in [1.82, 2.24) is 0 Å². The van der Waals surface area contributed by atoms with Gasteiger partial charge in [-0.3, -0.25) is 9.59 Å². The quantitative estimate of drug-likeness (QED) is 0.545. The van der Waals surface area contributed by atoms with E-state index < -0.39 is 17.4 Å². The number of hydrogen-bond acceptors (Lipinski definition) is 5. The summed E-state index contributed by atoms with van der Waals surface area (Å²) < 4.78 is 15.5. The van der Waals surface area contributed by atoms with Crippen LogP contribution in [0.15, 0.2) is 30.3 Å². The molecule has 0 saturated carbocycles. The number of para-hydroxylation sites is 1. The minimum Gasteiger partial charge on any atom is -0.494 e. The fraction of sp³-hybridized carbons (Fsp3) is 0.500. The minimum atomic E-state index is -1.35. The molecule has 0 aliphatic carbocycles. The number of hydrogen-bond donors (Lipinski definition) is 0. The van der Waals surface area contributed by atoms with E-state index in [0.29, 0.717) is 5.75 Å². The van der Waals surface area contributed by atoms with Crippen molar-refractivity contribution in [3.8, 4) is 5.75 Å². The highest BCUT2D eigenvalue weighted by Gasteiger charge is 2.44. The molecule has 1 aromatic carbocycles. The molecule has 0 amide bonds. The molecular formula is C16H22O5. The lowest BCUT2D eigenvalue weighted by Crippen LogP contribution is -2.40. The zero-order valence-corrected chi connectivity index (χ0v) is 12.8. The van der Waals surface area contributed by atoms with Crippen molar-refractivity contribution >= 4 is 11.9 Å². The van der Waals surface area contributed by atoms with E-state index >= 15 is 0 Å². The summed E-state index contributed by atoms with van der Waals surface area (Å²) in [6, 6.07) is 9.21. The summed E-state index contributed by atoms with van der Waals surface area (Å²) in [4.78, 5) is 24.1. The number of carbonyl (C=O) groups excluding carboxylic acids is 2. The van der Waals surface area contributed by atoms with Crippen molar-refractivity contribution in [1.29, 1.82) is 0 Å². The van der Waals surface area contributed by atoms with E-state index in [9.17, 15) is 9.59 Å². The van der Waals surface area contributed by atoms with E-state index in [1.54, 1.807) is 13.8 Å². The topological polar surface area (TPSA) is 61.8 Å². The van der Waals surface area contributed by atoms with Crippen LogP contribution in [-0.2, 0) is 19.1 Å². The predicted molar refractivity (Wildman–Crippen MR) is 77.9 cm³/mol. The molecule has 116 valence electrons. The second-order valence-electron chi connectivity index (χ2n) is 4.68. The van der Waals surface area contributed by atoms with Crippen LogP contribution in [0.1, 0.15) is 27.2 Å². The third-order valence-corrected chi connectivity index (χ3v) is 3.07. The molecule has 0 fully saturated rings. The Morgan fingerprint density at radius 3 is 2.00 bits per heavy atom. The number of carbonyl (C=O) groups is 2. The standard InChI is InChI=1S/C16H22O5/c1-4-19-14(17)16(3,15(18)20-5-2)11-12-21-13-9-7-6-8-10-13/h6-10H,4-5,11-12H2,1-3H3. The number of ether oxygens (including phenoxy) is 3. The van der Waals surface area contributed by atoms with E-state index in [1.807, 2.05) is 30.3 Å². The van der Waals surface area contributed by atoms with Gasteiger partial charge in [-0.1, -0.05) is 18.2 Å². The zero-order chi connectivity index (χ0) is 15.7. The summed E-state index contributed by atoms with van der Waals surface area (Å²) >= 11 is 0. The van der Waals surface area contributed by atoms with Gasteiger partial charge < -0.3 is 14.2 Å². The Balaban J connectivity index is 2.68. The molecule has 0 radical (unpaired) electrons. The molecule has 0 atom stereocenters. The van der Waals surface area contributed by atoms with Gasteiger partial charge in [0.1, 0.15) is 5.75 Å². The van der Waals surface area contributed by atoms with Gasteiger partial charge in [0, 0.05) is 6.42 Å². The van der Waals surface area contributed by atoms with Gasteiger partial charge in [-0.25, -0.2) is 0 Å². The van der Waals surface area contributed by atoms with Crippen molar-refractivity contribution in [2.45, 2.75) is 27.2 Å². The SMILES string of the molecule is CCOC(=O)C(C)(CCOc1ccccc1)C(=O)OCC. The molecule has 0 aliphatic rings. The molecule has 0 unspecified atom stereocenters. The van der Waals surface area contributed by atoms with Crippen LogP contribution in [0, 0.1) is 5.41 Å². The van der Waals surface area contributed by atoms with Gasteiger partial charge in [0.15, 0.2) is 5.41 Å². The van der Waals surface area contributed by atoms with Crippen LogP contribution < -0.4 is 4.74 Å². The Morgan fingerprint density at radius 2 is 1.52 bits per heavy atom. The fourth-order valence-electron chi connectivity index (χ4n) is 1.76. The third kappa shape index (κ3) is 4.77. The predicted octanol–water partition coefficient (Wildman–Crippen LogP) is 2.59. The Morgan fingerprint density at radius 1 is 1.00 bits per heavy atom. The maximum Gasteiger partial charge on any atom is 0.323 e. The number of benzene rings is 1. The van der Waals surface area contributed by atoms with Gasteiger partial charge in [0.2, 0.25) is 0 Å². The van der Waals surface area contributed by atoms with E-state index in [-0.39, 0.29) is 26.2 Å². The molecule has 21 heavy (non-hydrogen) atoms. The lowest BCUT2D eigenvalue weighted by Gasteiger charge is -2.24. The average Bonchev–Trinajstić information content (AvgIpc) is 2.48. The molecule has 0 N–H and O–H groups in total. The van der Waals surface area contributed by atoms with Crippen LogP contribution in [0.2, 0.25) is 0 Å². The van der Waals surface area contributed by atoms with E-state index in [1.165, 1.54) is 6.92 Å². The van der Waals surface area contributed by atoms with E-state index in [4.69, 9.17) is 14.2 Å². The highest BCUT2D eigenvalue weighted by Crippen LogP contribution is 2.26. The molecule has 1 aromatic rings. The first-order chi connectivity index (χ1) is 10.0. The van der Waals surface area contributed by atoms with Crippen LogP contribution in [0.5, 0.6) is 5.75 Å². The monoisotopic (exact) mass is 294 g/mol. The highest BCUT2D eigenvalue weighted by molar-refractivity contribution is 5.99. The van der Waals surface area contributed by atoms with E-state index in [2.05, 4.69) is 0 Å². The minimum absolute atomic E-state index is 0.194. The largest absolute Gasteiger partial charge is 0.494 e. The normalized spacial score (nSPS) is 10.8. The second-order valence-corrected chi connectivity index (χ2v) is 4.68. The first kappa shape index (κ1) is 17.0. The molecule has 0 saturated heterocycles. The molecule has 5 heteroatoms. The Labute approximate surface area is 125 Å². The van der Waals surface area contributed by atoms with Crippen LogP contribution >= 0.6 is 0 Å². The van der Waals surface area contributed by atoms with Gasteiger partial charge in [-0.05, 0) is 32.9 Å². The van der Waals surface area contributed by atoms with Gasteiger partial charge in [0.05, 0.1) is 19.8 Å². The zero-order valence-electron chi connectivity index (χ0n) is 12.8. The second kappa shape index (κ2) is 8.29. The maximum atomic E-state index is 12.0. The average molecular weight is 294 g/mol. The molecule has 0 heterocycles. The van der Waals surface area contributed by atoms with Gasteiger partial charge in [-0.15, -0.1) is 0 Å².